The van der Waals surface area contributed by atoms with E-state index in [1.807, 2.05) is 75.4 Å². The topological polar surface area (TPSA) is 96.4 Å². The number of rotatable bonds is 7. The van der Waals surface area contributed by atoms with Crippen LogP contribution in [0.2, 0.25) is 0 Å². The summed E-state index contributed by atoms with van der Waals surface area (Å²) in [6.45, 7) is 6.62. The summed E-state index contributed by atoms with van der Waals surface area (Å²) in [6, 6.07) is 8.14. The van der Waals surface area contributed by atoms with Crippen LogP contribution in [-0.4, -0.2) is 75.7 Å². The van der Waals surface area contributed by atoms with E-state index in [1.54, 1.807) is 9.80 Å². The van der Waals surface area contributed by atoms with Gasteiger partial charge in [0.1, 0.15) is 23.2 Å². The van der Waals surface area contributed by atoms with Crippen LogP contribution >= 0.6 is 0 Å². The molecule has 5 rings (SSSR count). The van der Waals surface area contributed by atoms with Crippen molar-refractivity contribution in [2.24, 2.45) is 17.8 Å². The quantitative estimate of drug-likeness (QED) is 0.425. The normalized spacial score (nSPS) is 34.7. The third-order valence-electron chi connectivity index (χ3n) is 9.22. The minimum atomic E-state index is -1.36. The fourth-order valence-corrected chi connectivity index (χ4v) is 6.98. The number of esters is 1. The van der Waals surface area contributed by atoms with E-state index in [0.717, 1.165) is 12.0 Å². The van der Waals surface area contributed by atoms with E-state index in [-0.39, 0.29) is 30.9 Å². The van der Waals surface area contributed by atoms with Crippen LogP contribution < -0.4 is 0 Å². The molecule has 0 aliphatic carbocycles. The molecule has 39 heavy (non-hydrogen) atoms. The highest BCUT2D eigenvalue weighted by atomic mass is 16.6. The average molecular weight is 537 g/mol. The van der Waals surface area contributed by atoms with Gasteiger partial charge in [-0.05, 0) is 30.7 Å². The van der Waals surface area contributed by atoms with Crippen LogP contribution in [0.15, 0.2) is 54.6 Å². The van der Waals surface area contributed by atoms with Gasteiger partial charge in [-0.1, -0.05) is 81.8 Å². The van der Waals surface area contributed by atoms with Crippen LogP contribution in [0.1, 0.15) is 52.0 Å². The third kappa shape index (κ3) is 4.42. The van der Waals surface area contributed by atoms with E-state index < -0.39 is 41.1 Å². The molecule has 1 spiro atoms. The molecule has 1 aromatic carbocycles. The van der Waals surface area contributed by atoms with E-state index in [2.05, 4.69) is 0 Å². The Kier molecular flexibility index (Phi) is 7.71. The number of cyclic esters (lactones) is 1. The second-order valence-electron chi connectivity index (χ2n) is 11.3. The molecule has 0 aromatic heterocycles. The molecule has 0 bridgehead atoms. The molecule has 2 saturated heterocycles. The van der Waals surface area contributed by atoms with Crippen molar-refractivity contribution in [2.75, 3.05) is 19.8 Å². The highest BCUT2D eigenvalue weighted by Gasteiger charge is 2.76. The predicted molar refractivity (Wildman–Crippen MR) is 145 cm³/mol. The Labute approximate surface area is 230 Å². The number of ether oxygens (including phenoxy) is 2. The second-order valence-corrected chi connectivity index (χ2v) is 11.3. The van der Waals surface area contributed by atoms with Crippen molar-refractivity contribution >= 4 is 17.8 Å². The van der Waals surface area contributed by atoms with E-state index >= 15 is 0 Å². The van der Waals surface area contributed by atoms with Gasteiger partial charge in [-0.15, -0.1) is 0 Å². The van der Waals surface area contributed by atoms with Crippen LogP contribution in [0, 0.1) is 17.8 Å². The first kappa shape index (κ1) is 27.6. The van der Waals surface area contributed by atoms with Gasteiger partial charge in [-0.2, -0.15) is 0 Å². The van der Waals surface area contributed by atoms with E-state index in [1.165, 1.54) is 0 Å². The van der Waals surface area contributed by atoms with Gasteiger partial charge in [0.05, 0.1) is 25.2 Å². The molecule has 1 aromatic rings. The summed E-state index contributed by atoms with van der Waals surface area (Å²) in [4.78, 5) is 46.0. The summed E-state index contributed by atoms with van der Waals surface area (Å²) in [6.07, 6.45) is 10.3. The van der Waals surface area contributed by atoms with Crippen LogP contribution in [0.3, 0.4) is 0 Å². The van der Waals surface area contributed by atoms with Gasteiger partial charge >= 0.3 is 5.97 Å². The lowest BCUT2D eigenvalue weighted by Gasteiger charge is -2.42. The number of allylic oxidation sites excluding steroid dienone is 1. The molecule has 210 valence electrons. The lowest BCUT2D eigenvalue weighted by atomic mass is 9.73. The van der Waals surface area contributed by atoms with Gasteiger partial charge in [0, 0.05) is 13.1 Å². The Hall–Kier alpha value is -2.97. The fraction of sp³-hybridized carbons (Fsp3) is 0.581. The summed E-state index contributed by atoms with van der Waals surface area (Å²) in [5.74, 6) is -2.94. The number of aliphatic hydroxyl groups is 1. The Balaban J connectivity index is 1.66. The minimum Gasteiger partial charge on any atom is -0.465 e. The van der Waals surface area contributed by atoms with Crippen LogP contribution in [-0.2, 0) is 30.4 Å². The fourth-order valence-electron chi connectivity index (χ4n) is 6.98. The molecule has 4 aliphatic rings. The summed E-state index contributed by atoms with van der Waals surface area (Å²) in [5, 5.41) is 10.5. The molecule has 0 radical (unpaired) electrons. The highest BCUT2D eigenvalue weighted by Crippen LogP contribution is 2.58. The first-order chi connectivity index (χ1) is 18.8. The Bertz CT molecular complexity index is 1150. The Morgan fingerprint density at radius 1 is 1.05 bits per heavy atom. The lowest BCUT2D eigenvalue weighted by Crippen LogP contribution is -2.59. The van der Waals surface area contributed by atoms with Gasteiger partial charge in [-0.25, -0.2) is 0 Å². The molecule has 4 heterocycles. The van der Waals surface area contributed by atoms with Crippen LogP contribution in [0.25, 0.3) is 0 Å². The molecule has 8 nitrogen and oxygen atoms in total. The molecule has 1 unspecified atom stereocenters. The number of carbonyl (C=O) groups is 3. The number of fused-ring (bicyclic) bond motifs is 2. The van der Waals surface area contributed by atoms with Gasteiger partial charge < -0.3 is 24.4 Å². The standard InChI is InChI=1S/C31H40N2O6/c1-4-21(3)23(20-34)33-26-28(36)32(19-22-13-8-6-9-14-22)17-12-16-31(26)24(27(33)35)25-29(37)38-18-11-7-10-15-30(25,5-2)39-31/h6,8-10,12-16,21,23-26,34H,4-5,7,11,17-20H2,1-3H3/b15-10-/t21-,23-,24-,25-,26?,30+,31-/m0/s1. The summed E-state index contributed by atoms with van der Waals surface area (Å²) in [5.41, 5.74) is -1.45. The number of hydrogen-bond donors (Lipinski definition) is 1. The number of nitrogens with zero attached hydrogens (tertiary/aromatic N) is 2. The van der Waals surface area contributed by atoms with Crippen molar-refractivity contribution in [1.29, 1.82) is 0 Å². The molecule has 1 N–H and O–H groups in total. The van der Waals surface area contributed by atoms with Crippen LogP contribution in [0.5, 0.6) is 0 Å². The van der Waals surface area contributed by atoms with Gasteiger partial charge in [0.2, 0.25) is 11.8 Å². The molecular weight excluding hydrogens is 496 g/mol. The Morgan fingerprint density at radius 3 is 2.51 bits per heavy atom. The van der Waals surface area contributed by atoms with Gasteiger partial charge in [0.25, 0.3) is 0 Å². The molecule has 8 heteroatoms. The zero-order valence-corrected chi connectivity index (χ0v) is 23.1. The van der Waals surface area contributed by atoms with Gasteiger partial charge in [-0.3, -0.25) is 14.4 Å². The first-order valence-corrected chi connectivity index (χ1v) is 14.3. The largest absolute Gasteiger partial charge is 0.465 e. The maximum Gasteiger partial charge on any atom is 0.313 e. The minimum absolute atomic E-state index is 0.0688. The number of amides is 2. The lowest BCUT2D eigenvalue weighted by molar-refractivity contribution is -0.163. The SMILES string of the molecule is CC[C@H](C)[C@H](CO)N1C(=O)[C@@H]2[C@H]3C(=O)OCCC/C=C\[C@@]3(CC)O[C@@]23C=CCN(Cc2ccccc2)C(=O)C13. The zero-order chi connectivity index (χ0) is 27.8. The summed E-state index contributed by atoms with van der Waals surface area (Å²) < 4.78 is 12.7. The van der Waals surface area contributed by atoms with Gasteiger partial charge in [0.15, 0.2) is 0 Å². The zero-order valence-electron chi connectivity index (χ0n) is 23.1. The van der Waals surface area contributed by atoms with Crippen molar-refractivity contribution in [3.05, 3.63) is 60.2 Å². The number of benzene rings is 1. The smallest absolute Gasteiger partial charge is 0.313 e. The molecule has 7 atom stereocenters. The molecule has 2 amide bonds. The number of carbonyl (C=O) groups excluding carboxylic acids is 3. The van der Waals surface area contributed by atoms with E-state index in [9.17, 15) is 19.5 Å². The Morgan fingerprint density at radius 2 is 1.82 bits per heavy atom. The monoisotopic (exact) mass is 536 g/mol. The van der Waals surface area contributed by atoms with E-state index in [4.69, 9.17) is 9.47 Å². The number of hydrogen-bond acceptors (Lipinski definition) is 6. The number of aliphatic hydroxyl groups excluding tert-OH is 1. The van der Waals surface area contributed by atoms with Crippen molar-refractivity contribution in [3.63, 3.8) is 0 Å². The van der Waals surface area contributed by atoms with E-state index in [0.29, 0.717) is 32.4 Å². The predicted octanol–water partition coefficient (Wildman–Crippen LogP) is 3.25. The number of likely N-dealkylation sites (tertiary alicyclic amines) is 1. The first-order valence-electron chi connectivity index (χ1n) is 14.3. The molecule has 4 aliphatic heterocycles. The van der Waals surface area contributed by atoms with Crippen LogP contribution in [0.4, 0.5) is 0 Å². The third-order valence-corrected chi connectivity index (χ3v) is 9.22. The van der Waals surface area contributed by atoms with Crippen molar-refractivity contribution < 1.29 is 29.0 Å². The van der Waals surface area contributed by atoms with Crippen molar-refractivity contribution in [3.8, 4) is 0 Å². The van der Waals surface area contributed by atoms with Crippen molar-refractivity contribution in [2.45, 2.75) is 76.3 Å². The highest BCUT2D eigenvalue weighted by molar-refractivity contribution is 5.99. The second kappa shape index (κ2) is 10.9. The molecule has 2 fully saturated rings. The van der Waals surface area contributed by atoms with Crippen molar-refractivity contribution in [1.82, 2.24) is 9.80 Å². The maximum absolute atomic E-state index is 14.5. The summed E-state index contributed by atoms with van der Waals surface area (Å²) >= 11 is 0. The maximum atomic E-state index is 14.5. The average Bonchev–Trinajstić information content (AvgIpc) is 3.33. The molecule has 0 saturated carbocycles. The summed E-state index contributed by atoms with van der Waals surface area (Å²) in [7, 11) is 0. The molecular formula is C31H40N2O6.